The number of nitrogens with one attached hydrogen (secondary N) is 3. The van der Waals surface area contributed by atoms with Gasteiger partial charge < -0.3 is 21.4 Å². The number of aromatic amines is 1. The van der Waals surface area contributed by atoms with Gasteiger partial charge in [0.2, 0.25) is 5.91 Å². The summed E-state index contributed by atoms with van der Waals surface area (Å²) < 4.78 is 0. The number of halogens is 1. The average molecular weight is 568 g/mol. The van der Waals surface area contributed by atoms with Crippen LogP contribution in [0.3, 0.4) is 0 Å². The summed E-state index contributed by atoms with van der Waals surface area (Å²) >= 11 is 5.72. The van der Waals surface area contributed by atoms with E-state index in [1.165, 1.54) is 0 Å². The van der Waals surface area contributed by atoms with Crippen LogP contribution in [0.2, 0.25) is 0 Å². The van der Waals surface area contributed by atoms with E-state index < -0.39 is 11.9 Å². The van der Waals surface area contributed by atoms with Gasteiger partial charge in [0.25, 0.3) is 5.91 Å². The summed E-state index contributed by atoms with van der Waals surface area (Å²) in [7, 11) is 0. The van der Waals surface area contributed by atoms with Gasteiger partial charge in [0.1, 0.15) is 17.6 Å². The van der Waals surface area contributed by atoms with Crippen LogP contribution in [0.5, 0.6) is 0 Å². The molecule has 2 aromatic carbocycles. The Labute approximate surface area is 242 Å². The predicted octanol–water partition coefficient (Wildman–Crippen LogP) is 4.57. The molecule has 0 spiro atoms. The lowest BCUT2D eigenvalue weighted by Gasteiger charge is -2.18. The monoisotopic (exact) mass is 567 g/mol. The fourth-order valence-electron chi connectivity index (χ4n) is 4.65. The van der Waals surface area contributed by atoms with Crippen LogP contribution in [0, 0.1) is 0 Å². The second-order valence-corrected chi connectivity index (χ2v) is 9.83. The number of rotatable bonds is 11. The Kier molecular flexibility index (Phi) is 8.85. The van der Waals surface area contributed by atoms with Crippen LogP contribution in [-0.2, 0) is 11.3 Å². The summed E-state index contributed by atoms with van der Waals surface area (Å²) in [5.74, 6) is -0.268. The minimum absolute atomic E-state index is 0.138. The summed E-state index contributed by atoms with van der Waals surface area (Å²) in [6.07, 6.45) is 4.26. The lowest BCUT2D eigenvalue weighted by atomic mass is 10.1. The Balaban J connectivity index is 1.43. The molecule has 0 saturated carbocycles. The van der Waals surface area contributed by atoms with Gasteiger partial charge in [0, 0.05) is 47.3 Å². The molecule has 0 aliphatic rings. The number of amides is 2. The highest BCUT2D eigenvalue weighted by Crippen LogP contribution is 2.32. The molecule has 3 heterocycles. The molecule has 0 bridgehead atoms. The summed E-state index contributed by atoms with van der Waals surface area (Å²) in [6.45, 7) is 0.734. The van der Waals surface area contributed by atoms with E-state index in [-0.39, 0.29) is 17.5 Å². The number of nitrogens with zero attached hydrogens (tertiary/aromatic N) is 3. The lowest BCUT2D eigenvalue weighted by Crippen LogP contribution is -2.46. The van der Waals surface area contributed by atoms with Crippen LogP contribution in [0.4, 0.5) is 0 Å². The van der Waals surface area contributed by atoms with E-state index in [4.69, 9.17) is 22.3 Å². The van der Waals surface area contributed by atoms with Crippen molar-refractivity contribution >= 4 is 51.1 Å². The fraction of sp³-hybridized carbons (Fsp3) is 0.194. The highest BCUT2D eigenvalue weighted by atomic mass is 35.5. The van der Waals surface area contributed by atoms with Gasteiger partial charge in [-0.3, -0.25) is 19.6 Å². The molecule has 2 amide bonds. The minimum Gasteiger partial charge on any atom is -0.386 e. The number of aliphatic imine (C=N–C) groups is 1. The highest BCUT2D eigenvalue weighted by Gasteiger charge is 2.23. The van der Waals surface area contributed by atoms with Gasteiger partial charge in [-0.25, -0.2) is 4.98 Å². The quantitative estimate of drug-likeness (QED) is 0.0801. The highest BCUT2D eigenvalue weighted by molar-refractivity contribution is 6.28. The first-order chi connectivity index (χ1) is 20.0. The van der Waals surface area contributed by atoms with Gasteiger partial charge in [-0.2, -0.15) is 0 Å². The van der Waals surface area contributed by atoms with Crippen molar-refractivity contribution in [3.8, 4) is 11.3 Å². The molecule has 0 fully saturated rings. The molecule has 0 unspecified atom stereocenters. The van der Waals surface area contributed by atoms with E-state index >= 15 is 0 Å². The molecule has 208 valence electrons. The summed E-state index contributed by atoms with van der Waals surface area (Å²) in [4.78, 5) is 43.4. The number of pyridine rings is 2. The van der Waals surface area contributed by atoms with Gasteiger partial charge in [0.05, 0.1) is 17.1 Å². The van der Waals surface area contributed by atoms with E-state index in [2.05, 4.69) is 25.6 Å². The molecule has 9 nitrogen and oxygen atoms in total. The number of alkyl halides is 1. The van der Waals surface area contributed by atoms with E-state index in [0.717, 1.165) is 32.9 Å². The van der Waals surface area contributed by atoms with E-state index in [1.807, 2.05) is 66.7 Å². The number of benzene rings is 2. The number of hydrogen-bond acceptors (Lipinski definition) is 5. The van der Waals surface area contributed by atoms with Crippen molar-refractivity contribution in [2.75, 3.05) is 12.4 Å². The van der Waals surface area contributed by atoms with Gasteiger partial charge in [-0.15, -0.1) is 11.6 Å². The summed E-state index contributed by atoms with van der Waals surface area (Å²) in [5.41, 5.74) is 10.1. The first-order valence-corrected chi connectivity index (χ1v) is 13.9. The zero-order valence-corrected chi connectivity index (χ0v) is 23.1. The molecular formula is C31H30ClN7O2. The van der Waals surface area contributed by atoms with Crippen molar-refractivity contribution in [1.29, 1.82) is 0 Å². The number of nitrogens with two attached hydrogens (primary N) is 1. The molecule has 5 N–H and O–H groups in total. The summed E-state index contributed by atoms with van der Waals surface area (Å²) in [5, 5.41) is 7.69. The van der Waals surface area contributed by atoms with Crippen molar-refractivity contribution < 1.29 is 9.59 Å². The Morgan fingerprint density at radius 3 is 2.54 bits per heavy atom. The number of hydrogen-bond donors (Lipinski definition) is 4. The van der Waals surface area contributed by atoms with Gasteiger partial charge in [-0.05, 0) is 42.7 Å². The zero-order chi connectivity index (χ0) is 28.6. The molecule has 5 aromatic rings. The Bertz CT molecular complexity index is 1690. The number of fused-ring (bicyclic) bond motifs is 3. The molecule has 41 heavy (non-hydrogen) atoms. The van der Waals surface area contributed by atoms with Gasteiger partial charge >= 0.3 is 0 Å². The largest absolute Gasteiger partial charge is 0.386 e. The zero-order valence-electron chi connectivity index (χ0n) is 22.3. The van der Waals surface area contributed by atoms with Crippen LogP contribution in [0.25, 0.3) is 33.1 Å². The summed E-state index contributed by atoms with van der Waals surface area (Å²) in [6, 6.07) is 22.1. The number of H-pyrrole nitrogens is 1. The van der Waals surface area contributed by atoms with E-state index in [0.29, 0.717) is 37.5 Å². The normalized spacial score (nSPS) is 12.4. The molecule has 0 aliphatic carbocycles. The van der Waals surface area contributed by atoms with Crippen LogP contribution in [0.15, 0.2) is 90.2 Å². The third kappa shape index (κ3) is 6.70. The SMILES string of the molecule is NC(CCl)=NCCC[C@H](NC(=O)c1cc2c([nH]c3ccccc32)c(-c2ccncc2)n1)C(=O)NCc1ccccc1. The van der Waals surface area contributed by atoms with Crippen LogP contribution < -0.4 is 16.4 Å². The number of carbonyl (C=O) groups excluding carboxylic acids is 2. The second-order valence-electron chi connectivity index (χ2n) is 9.56. The van der Waals surface area contributed by atoms with Gasteiger partial charge in [0.15, 0.2) is 0 Å². The molecule has 0 saturated heterocycles. The third-order valence-electron chi connectivity index (χ3n) is 6.72. The maximum Gasteiger partial charge on any atom is 0.270 e. The molecule has 10 heteroatoms. The molecule has 0 aliphatic heterocycles. The fourth-order valence-corrected chi connectivity index (χ4v) is 4.73. The Hall–Kier alpha value is -4.76. The molecule has 1 atom stereocenters. The lowest BCUT2D eigenvalue weighted by molar-refractivity contribution is -0.123. The second kappa shape index (κ2) is 13.1. The average Bonchev–Trinajstić information content (AvgIpc) is 3.40. The van der Waals surface area contributed by atoms with Crippen molar-refractivity contribution in [1.82, 2.24) is 25.6 Å². The number of amidine groups is 1. The maximum absolute atomic E-state index is 13.7. The topological polar surface area (TPSA) is 138 Å². The third-order valence-corrected chi connectivity index (χ3v) is 6.99. The maximum atomic E-state index is 13.7. The van der Waals surface area contributed by atoms with Crippen LogP contribution in [0.1, 0.15) is 28.9 Å². The predicted molar refractivity (Wildman–Crippen MR) is 163 cm³/mol. The standard InChI is InChI=1S/C31H30ClN7O2/c32-18-27(33)35-14-6-11-25(30(40)36-19-20-7-2-1-3-8-20)39-31(41)26-17-23-22-9-4-5-10-24(22)37-29(23)28(38-26)21-12-15-34-16-13-21/h1-5,7-10,12-13,15-17,25,37H,6,11,14,18-19H2,(H2,33,35)(H,36,40)(H,39,41)/t25-/m0/s1. The van der Waals surface area contributed by atoms with Crippen molar-refractivity contribution in [2.24, 2.45) is 10.7 Å². The Morgan fingerprint density at radius 2 is 1.76 bits per heavy atom. The van der Waals surface area contributed by atoms with E-state index in [9.17, 15) is 9.59 Å². The number of para-hydroxylation sites is 1. The molecule has 5 rings (SSSR count). The molecular weight excluding hydrogens is 538 g/mol. The molecule has 3 aromatic heterocycles. The number of aromatic nitrogens is 3. The Morgan fingerprint density at radius 1 is 1.00 bits per heavy atom. The van der Waals surface area contributed by atoms with Crippen molar-refractivity contribution in [3.63, 3.8) is 0 Å². The van der Waals surface area contributed by atoms with Gasteiger partial charge in [-0.1, -0.05) is 48.5 Å². The van der Waals surface area contributed by atoms with Crippen molar-refractivity contribution in [2.45, 2.75) is 25.4 Å². The van der Waals surface area contributed by atoms with Crippen LogP contribution >= 0.6 is 11.6 Å². The first-order valence-electron chi connectivity index (χ1n) is 13.3. The van der Waals surface area contributed by atoms with Crippen LogP contribution in [-0.4, -0.2) is 51.1 Å². The minimum atomic E-state index is -0.802. The van der Waals surface area contributed by atoms with Crippen molar-refractivity contribution in [3.05, 3.63) is 96.4 Å². The van der Waals surface area contributed by atoms with E-state index in [1.54, 1.807) is 18.5 Å². The number of carbonyl (C=O) groups is 2. The molecule has 0 radical (unpaired) electrons. The first kappa shape index (κ1) is 27.8. The smallest absolute Gasteiger partial charge is 0.270 e.